The number of nitrogens with zero attached hydrogens (tertiary/aromatic N) is 5. The van der Waals surface area contributed by atoms with Gasteiger partial charge in [0.1, 0.15) is 0 Å². The van der Waals surface area contributed by atoms with E-state index in [1.807, 2.05) is 0 Å². The van der Waals surface area contributed by atoms with Gasteiger partial charge in [0.15, 0.2) is 0 Å². The van der Waals surface area contributed by atoms with Crippen LogP contribution in [-0.4, -0.2) is 27.4 Å². The molecule has 10 heteroatoms. The lowest BCUT2D eigenvalue weighted by atomic mass is 11.0. The van der Waals surface area contributed by atoms with Crippen LogP contribution in [0.1, 0.15) is 0 Å². The molecule has 0 aliphatic heterocycles. The lowest BCUT2D eigenvalue weighted by molar-refractivity contribution is -0.116. The molecule has 0 fully saturated rings. The zero-order valence-corrected chi connectivity index (χ0v) is 6.62. The normalized spacial score (nSPS) is 8.00. The summed E-state index contributed by atoms with van der Waals surface area (Å²) >= 11 is 0. The number of rotatable bonds is 0. The van der Waals surface area contributed by atoms with Crippen LogP contribution < -0.4 is 33.4 Å². The van der Waals surface area contributed by atoms with Crippen molar-refractivity contribution in [2.24, 2.45) is 22.2 Å². The van der Waals surface area contributed by atoms with E-state index in [0.717, 1.165) is 0 Å². The molecule has 0 saturated carbocycles. The summed E-state index contributed by atoms with van der Waals surface area (Å²) in [5, 5.41) is 17.5. The first-order chi connectivity index (χ1) is 6.02. The van der Waals surface area contributed by atoms with Crippen LogP contribution in [0.3, 0.4) is 0 Å². The minimum atomic E-state index is -0.125. The van der Waals surface area contributed by atoms with Crippen LogP contribution in [0, 0.1) is 0 Å². The van der Waals surface area contributed by atoms with Gasteiger partial charge in [0, 0.05) is 0 Å². The Morgan fingerprint density at radius 2 is 2.00 bits per heavy atom. The fraction of sp³-hybridized carbons (Fsp3) is 0. The van der Waals surface area contributed by atoms with Gasteiger partial charge in [0.05, 0.1) is 5.95 Å². The highest BCUT2D eigenvalue weighted by Gasteiger charge is 1.89. The Morgan fingerprint density at radius 1 is 1.38 bits per heavy atom. The van der Waals surface area contributed by atoms with Gasteiger partial charge in [-0.25, -0.2) is 5.10 Å². The van der Waals surface area contributed by atoms with Gasteiger partial charge in [-0.3, -0.25) is 16.2 Å². The van der Waals surface area contributed by atoms with Gasteiger partial charge in [-0.15, -0.1) is 5.21 Å². The molecule has 0 amide bonds. The summed E-state index contributed by atoms with van der Waals surface area (Å²) in [4.78, 5) is 3.22. The highest BCUT2D eigenvalue weighted by molar-refractivity contribution is 5.89. The third kappa shape index (κ3) is 7.51. The summed E-state index contributed by atoms with van der Waals surface area (Å²) in [6, 6.07) is 0. The second kappa shape index (κ2) is 5.29. The molecule has 0 aliphatic rings. The number of hydrogen-bond acceptors (Lipinski definition) is 4. The number of guanidine groups is 2. The van der Waals surface area contributed by atoms with Gasteiger partial charge in [-0.05, 0) is 4.99 Å². The zero-order valence-electron chi connectivity index (χ0n) is 6.62. The van der Waals surface area contributed by atoms with Crippen molar-refractivity contribution in [1.29, 1.82) is 0 Å². The molecule has 0 aromatic carbocycles. The molecule has 0 saturated heterocycles. The Kier molecular flexibility index (Phi) is 4.31. The summed E-state index contributed by atoms with van der Waals surface area (Å²) in [5.74, 6) is -0.130. The molecule has 13 heavy (non-hydrogen) atoms. The molecular formula is C3H10N10. The number of tetrazole rings is 1. The molecule has 0 bridgehead atoms. The van der Waals surface area contributed by atoms with Crippen molar-refractivity contribution >= 4 is 17.9 Å². The van der Waals surface area contributed by atoms with Gasteiger partial charge in [0.2, 0.25) is 0 Å². The maximum atomic E-state index is 4.93. The van der Waals surface area contributed by atoms with E-state index in [1.165, 1.54) is 0 Å². The fourth-order valence-corrected chi connectivity index (χ4v) is 0.301. The second-order valence-electron chi connectivity index (χ2n) is 1.70. The molecule has 10 N–H and O–H groups in total. The van der Waals surface area contributed by atoms with E-state index in [-0.39, 0.29) is 17.9 Å². The fourth-order valence-electron chi connectivity index (χ4n) is 0.301. The van der Waals surface area contributed by atoms with E-state index in [9.17, 15) is 0 Å². The third-order valence-corrected chi connectivity index (χ3v) is 0.593. The number of anilines is 1. The van der Waals surface area contributed by atoms with E-state index in [4.69, 9.17) is 28.3 Å². The van der Waals surface area contributed by atoms with Crippen molar-refractivity contribution in [2.45, 2.75) is 0 Å². The molecule has 10 nitrogen and oxygen atoms in total. The molecule has 1 aromatic rings. The van der Waals surface area contributed by atoms with Crippen LogP contribution >= 0.6 is 0 Å². The van der Waals surface area contributed by atoms with Crippen molar-refractivity contribution in [3.05, 3.63) is 0 Å². The van der Waals surface area contributed by atoms with Crippen molar-refractivity contribution in [1.82, 2.24) is 20.6 Å². The second-order valence-corrected chi connectivity index (χ2v) is 1.70. The van der Waals surface area contributed by atoms with Crippen LogP contribution in [0.2, 0.25) is 0 Å². The molecule has 0 atom stereocenters. The minimum absolute atomic E-state index is 0.120. The Hall–Kier alpha value is -2.39. The van der Waals surface area contributed by atoms with Gasteiger partial charge >= 0.3 is 5.96 Å². The molecular weight excluding hydrogens is 176 g/mol. The Morgan fingerprint density at radius 3 is 2.08 bits per heavy atom. The number of aliphatic imine (C=N–C) groups is 1. The molecule has 1 heterocycles. The van der Waals surface area contributed by atoms with Crippen LogP contribution in [0.5, 0.6) is 0 Å². The summed E-state index contributed by atoms with van der Waals surface area (Å²) in [5.41, 5.74) is 19.5. The minimum Gasteiger partial charge on any atom is -0.430 e. The summed E-state index contributed by atoms with van der Waals surface area (Å²) in [7, 11) is 0. The van der Waals surface area contributed by atoms with Gasteiger partial charge in [-0.2, -0.15) is 5.21 Å². The van der Waals surface area contributed by atoms with Gasteiger partial charge < -0.3 is 17.2 Å². The monoisotopic (exact) mass is 186 g/mol. The highest BCUT2D eigenvalue weighted by Crippen LogP contribution is 1.70. The van der Waals surface area contributed by atoms with Gasteiger partial charge in [-0.1, -0.05) is 0 Å². The standard InChI is InChI=1S/C2H7N5.CH2N5/c3-1(4)7-2(5)6;2-1-3-5-6-4-1/h(H7,3,4,5,6,7);(H2-,2,3,4,5,6)/q;-1/p+1. The highest BCUT2D eigenvalue weighted by atomic mass is 15.5. The predicted octanol–water partition coefficient (Wildman–Crippen LogP) is -5.26. The molecule has 1 aromatic heterocycles. The lowest BCUT2D eigenvalue weighted by Crippen LogP contribution is -2.46. The van der Waals surface area contributed by atoms with E-state index in [0.29, 0.717) is 0 Å². The largest absolute Gasteiger partial charge is 0.430 e. The Bertz CT molecular complexity index is 266. The first-order valence-electron chi connectivity index (χ1n) is 2.94. The maximum Gasteiger partial charge on any atom is 0.383 e. The van der Waals surface area contributed by atoms with E-state index in [1.54, 1.807) is 0 Å². The molecule has 0 unspecified atom stereocenters. The third-order valence-electron chi connectivity index (χ3n) is 0.593. The average molecular weight is 186 g/mol. The summed E-state index contributed by atoms with van der Waals surface area (Å²) in [6.07, 6.45) is 0. The Labute approximate surface area is 72.9 Å². The topological polar surface area (TPSA) is 195 Å². The predicted molar refractivity (Wildman–Crippen MR) is 44.5 cm³/mol. The Balaban J connectivity index is 0.000000223. The van der Waals surface area contributed by atoms with Crippen molar-refractivity contribution < 1.29 is 5.41 Å². The van der Waals surface area contributed by atoms with Crippen LogP contribution in [0.15, 0.2) is 4.99 Å². The number of hydrogen-bond donors (Lipinski definition) is 5. The molecule has 0 spiro atoms. The number of aromatic nitrogens is 4. The van der Waals surface area contributed by atoms with Crippen molar-refractivity contribution in [3.63, 3.8) is 0 Å². The smallest absolute Gasteiger partial charge is 0.383 e. The zero-order chi connectivity index (χ0) is 10.3. The van der Waals surface area contributed by atoms with E-state index >= 15 is 0 Å². The maximum absolute atomic E-state index is 4.93. The summed E-state index contributed by atoms with van der Waals surface area (Å²) in [6.45, 7) is 0. The quantitative estimate of drug-likeness (QED) is 0.195. The molecule has 1 rings (SSSR count). The van der Waals surface area contributed by atoms with Gasteiger partial charge in [0.25, 0.3) is 5.96 Å². The van der Waals surface area contributed by atoms with Crippen molar-refractivity contribution in [3.8, 4) is 0 Å². The van der Waals surface area contributed by atoms with Crippen LogP contribution in [0.25, 0.3) is 0 Å². The number of nitrogens with two attached hydrogens (primary N) is 5. The lowest BCUT2D eigenvalue weighted by Gasteiger charge is -1.76. The molecule has 0 radical (unpaired) electrons. The van der Waals surface area contributed by atoms with E-state index in [2.05, 4.69) is 25.6 Å². The molecule has 0 aliphatic carbocycles. The first kappa shape index (κ1) is 10.6. The van der Waals surface area contributed by atoms with Crippen molar-refractivity contribution in [2.75, 3.05) is 5.73 Å². The van der Waals surface area contributed by atoms with Crippen LogP contribution in [0.4, 0.5) is 5.95 Å². The average Bonchev–Trinajstić information content (AvgIpc) is 2.37. The van der Waals surface area contributed by atoms with Crippen LogP contribution in [-0.2, 0) is 0 Å². The SMILES string of the molecule is NC(=[NH2+])N=C(N)N.Nc1nnn[n-]1. The molecule has 72 valence electrons. The number of nitrogen functional groups attached to an aromatic ring is 1. The first-order valence-corrected chi connectivity index (χ1v) is 2.94. The summed E-state index contributed by atoms with van der Waals surface area (Å²) < 4.78 is 0. The van der Waals surface area contributed by atoms with E-state index < -0.39 is 0 Å².